The van der Waals surface area contributed by atoms with E-state index in [1.807, 2.05) is 0 Å². The molecular weight excluding hydrogens is 469 g/mol. The van der Waals surface area contributed by atoms with Crippen LogP contribution in [0.3, 0.4) is 0 Å². The SMILES string of the molecule is Cc1cc(F)ccc1-c1nc(C[C@@H]2CCC[C@@H]2C(N)=O)nc2c1ccc(=O)n2-c1c(F)cccc1F. The van der Waals surface area contributed by atoms with Crippen LogP contribution in [0.25, 0.3) is 28.0 Å². The Labute approximate surface area is 204 Å². The molecule has 0 spiro atoms. The number of pyridine rings is 1. The Balaban J connectivity index is 1.80. The van der Waals surface area contributed by atoms with Gasteiger partial charge in [-0.15, -0.1) is 0 Å². The lowest BCUT2D eigenvalue weighted by Crippen LogP contribution is -2.28. The summed E-state index contributed by atoms with van der Waals surface area (Å²) in [5.74, 6) is -2.79. The molecule has 9 heteroatoms. The third kappa shape index (κ3) is 4.14. The van der Waals surface area contributed by atoms with Gasteiger partial charge in [0.2, 0.25) is 5.91 Å². The lowest BCUT2D eigenvalue weighted by molar-refractivity contribution is -0.122. The summed E-state index contributed by atoms with van der Waals surface area (Å²) >= 11 is 0. The van der Waals surface area contributed by atoms with Gasteiger partial charge in [0.15, 0.2) is 5.65 Å². The number of primary amides is 1. The topological polar surface area (TPSA) is 90.9 Å². The molecule has 2 heterocycles. The highest BCUT2D eigenvalue weighted by molar-refractivity contribution is 5.92. The molecule has 2 atom stereocenters. The smallest absolute Gasteiger partial charge is 0.256 e. The number of para-hydroxylation sites is 1. The number of fused-ring (bicyclic) bond motifs is 1. The van der Waals surface area contributed by atoms with E-state index in [1.165, 1.54) is 30.3 Å². The number of carbonyl (C=O) groups is 1. The number of halogens is 3. The lowest BCUT2D eigenvalue weighted by Gasteiger charge is -2.18. The van der Waals surface area contributed by atoms with Crippen molar-refractivity contribution in [3.8, 4) is 16.9 Å². The van der Waals surface area contributed by atoms with Crippen LogP contribution in [-0.2, 0) is 11.2 Å². The van der Waals surface area contributed by atoms with Crippen LogP contribution in [0.5, 0.6) is 0 Å². The average molecular weight is 493 g/mol. The third-order valence-electron chi connectivity index (χ3n) is 6.87. The number of nitrogens with zero attached hydrogens (tertiary/aromatic N) is 3. The maximum absolute atomic E-state index is 14.8. The molecule has 5 rings (SSSR count). The zero-order valence-corrected chi connectivity index (χ0v) is 19.5. The van der Waals surface area contributed by atoms with E-state index in [0.29, 0.717) is 40.9 Å². The molecule has 0 bridgehead atoms. The van der Waals surface area contributed by atoms with E-state index in [1.54, 1.807) is 13.0 Å². The highest BCUT2D eigenvalue weighted by Gasteiger charge is 2.32. The fourth-order valence-corrected chi connectivity index (χ4v) is 5.16. The normalized spacial score (nSPS) is 17.6. The first kappa shape index (κ1) is 23.7. The van der Waals surface area contributed by atoms with Gasteiger partial charge in [0.05, 0.1) is 5.69 Å². The molecule has 2 aromatic carbocycles. The first-order chi connectivity index (χ1) is 17.2. The average Bonchev–Trinajstić information content (AvgIpc) is 3.28. The summed E-state index contributed by atoms with van der Waals surface area (Å²) < 4.78 is 44.4. The Morgan fingerprint density at radius 3 is 2.50 bits per heavy atom. The molecule has 1 saturated carbocycles. The molecule has 4 aromatic rings. The number of aryl methyl sites for hydroxylation is 1. The van der Waals surface area contributed by atoms with Gasteiger partial charge >= 0.3 is 0 Å². The van der Waals surface area contributed by atoms with E-state index in [-0.39, 0.29) is 17.5 Å². The number of carbonyl (C=O) groups excluding carboxylic acids is 1. The van der Waals surface area contributed by atoms with Gasteiger partial charge in [-0.05, 0) is 67.6 Å². The van der Waals surface area contributed by atoms with Gasteiger partial charge in [-0.1, -0.05) is 12.5 Å². The number of benzene rings is 2. The molecule has 36 heavy (non-hydrogen) atoms. The fourth-order valence-electron chi connectivity index (χ4n) is 5.16. The second-order valence-corrected chi connectivity index (χ2v) is 9.17. The van der Waals surface area contributed by atoms with Crippen molar-refractivity contribution in [3.63, 3.8) is 0 Å². The van der Waals surface area contributed by atoms with Crippen LogP contribution in [0.15, 0.2) is 53.3 Å². The van der Waals surface area contributed by atoms with Crippen LogP contribution in [0.1, 0.15) is 30.7 Å². The zero-order valence-electron chi connectivity index (χ0n) is 19.5. The van der Waals surface area contributed by atoms with Gasteiger partial charge in [-0.3, -0.25) is 14.2 Å². The third-order valence-corrected chi connectivity index (χ3v) is 6.87. The molecule has 1 aliphatic carbocycles. The summed E-state index contributed by atoms with van der Waals surface area (Å²) in [6, 6.07) is 10.2. The Morgan fingerprint density at radius 1 is 1.06 bits per heavy atom. The van der Waals surface area contributed by atoms with Gasteiger partial charge in [0.1, 0.15) is 29.0 Å². The van der Waals surface area contributed by atoms with Crippen LogP contribution in [0.4, 0.5) is 13.2 Å². The summed E-state index contributed by atoms with van der Waals surface area (Å²) in [6.07, 6.45) is 2.55. The minimum Gasteiger partial charge on any atom is -0.369 e. The standard InChI is InChI=1S/C27H23F3N4O2/c1-14-12-16(28)8-9-17(14)24-19-10-11-23(35)34(25-20(29)6-3-7-21(25)30)27(19)33-22(32-24)13-15-4-2-5-18(15)26(31)36/h3,6-12,15,18H,2,4-5,13H2,1H3,(H2,31,36)/t15-,18-/m0/s1. The minimum atomic E-state index is -0.922. The number of aromatic nitrogens is 3. The highest BCUT2D eigenvalue weighted by atomic mass is 19.1. The number of amides is 1. The second kappa shape index (κ2) is 9.22. The highest BCUT2D eigenvalue weighted by Crippen LogP contribution is 2.35. The molecule has 1 amide bonds. The molecular formula is C27H23F3N4O2. The van der Waals surface area contributed by atoms with Crippen LogP contribution >= 0.6 is 0 Å². The maximum Gasteiger partial charge on any atom is 0.256 e. The Morgan fingerprint density at radius 2 is 1.81 bits per heavy atom. The quantitative estimate of drug-likeness (QED) is 0.440. The predicted molar refractivity (Wildman–Crippen MR) is 129 cm³/mol. The van der Waals surface area contributed by atoms with Crippen molar-refractivity contribution in [2.45, 2.75) is 32.6 Å². The van der Waals surface area contributed by atoms with Gasteiger partial charge < -0.3 is 5.73 Å². The Hall–Kier alpha value is -4.01. The van der Waals surface area contributed by atoms with E-state index in [0.717, 1.165) is 29.5 Å². The fraction of sp³-hybridized carbons (Fsp3) is 0.259. The Bertz CT molecular complexity index is 1550. The molecule has 1 aliphatic rings. The molecule has 184 valence electrons. The zero-order chi connectivity index (χ0) is 25.6. The van der Waals surface area contributed by atoms with Crippen molar-refractivity contribution in [2.24, 2.45) is 17.6 Å². The first-order valence-electron chi connectivity index (χ1n) is 11.7. The van der Waals surface area contributed by atoms with E-state index in [9.17, 15) is 22.8 Å². The minimum absolute atomic E-state index is 0.0175. The van der Waals surface area contributed by atoms with Crippen molar-refractivity contribution >= 4 is 16.9 Å². The van der Waals surface area contributed by atoms with Gasteiger partial charge in [0.25, 0.3) is 5.56 Å². The summed E-state index contributed by atoms with van der Waals surface area (Å²) in [7, 11) is 0. The molecule has 0 aliphatic heterocycles. The van der Waals surface area contributed by atoms with Crippen LogP contribution in [0, 0.1) is 36.2 Å². The monoisotopic (exact) mass is 492 g/mol. The number of hydrogen-bond donors (Lipinski definition) is 1. The Kier molecular flexibility index (Phi) is 6.07. The van der Waals surface area contributed by atoms with E-state index < -0.39 is 34.6 Å². The van der Waals surface area contributed by atoms with Crippen LogP contribution < -0.4 is 11.3 Å². The van der Waals surface area contributed by atoms with Crippen LogP contribution in [0.2, 0.25) is 0 Å². The van der Waals surface area contributed by atoms with Crippen molar-refractivity contribution in [1.29, 1.82) is 0 Å². The predicted octanol–water partition coefficient (Wildman–Crippen LogP) is 4.62. The maximum atomic E-state index is 14.8. The van der Waals surface area contributed by atoms with Gasteiger partial charge in [-0.2, -0.15) is 0 Å². The van der Waals surface area contributed by atoms with Crippen molar-refractivity contribution < 1.29 is 18.0 Å². The second-order valence-electron chi connectivity index (χ2n) is 9.17. The van der Waals surface area contributed by atoms with Gasteiger partial charge in [0, 0.05) is 29.4 Å². The molecule has 0 unspecified atom stereocenters. The van der Waals surface area contributed by atoms with E-state index in [4.69, 9.17) is 10.7 Å². The van der Waals surface area contributed by atoms with Crippen molar-refractivity contribution in [2.75, 3.05) is 0 Å². The first-order valence-corrected chi connectivity index (χ1v) is 11.7. The molecule has 0 radical (unpaired) electrons. The number of nitrogens with two attached hydrogens (primary N) is 1. The molecule has 6 nitrogen and oxygen atoms in total. The van der Waals surface area contributed by atoms with E-state index >= 15 is 0 Å². The molecule has 2 N–H and O–H groups in total. The van der Waals surface area contributed by atoms with E-state index in [2.05, 4.69) is 4.98 Å². The van der Waals surface area contributed by atoms with Crippen molar-refractivity contribution in [3.05, 3.63) is 87.7 Å². The molecule has 2 aromatic heterocycles. The van der Waals surface area contributed by atoms with Gasteiger partial charge in [-0.25, -0.2) is 23.1 Å². The van der Waals surface area contributed by atoms with Crippen LogP contribution in [-0.4, -0.2) is 20.4 Å². The van der Waals surface area contributed by atoms with Crippen molar-refractivity contribution in [1.82, 2.24) is 14.5 Å². The summed E-state index contributed by atoms with van der Waals surface area (Å²) in [5.41, 5.74) is 5.97. The molecule has 1 fully saturated rings. The number of hydrogen-bond acceptors (Lipinski definition) is 4. The lowest BCUT2D eigenvalue weighted by atomic mass is 9.92. The molecule has 0 saturated heterocycles. The summed E-state index contributed by atoms with van der Waals surface area (Å²) in [4.78, 5) is 34.2. The number of rotatable bonds is 5. The largest absolute Gasteiger partial charge is 0.369 e. The summed E-state index contributed by atoms with van der Waals surface area (Å²) in [5, 5.41) is 0.369. The summed E-state index contributed by atoms with van der Waals surface area (Å²) in [6.45, 7) is 1.72.